The minimum Gasteiger partial charge on any atom is -0.484 e. The molecule has 0 saturated heterocycles. The third-order valence-corrected chi connectivity index (χ3v) is 4.52. The molecule has 1 atom stereocenters. The largest absolute Gasteiger partial charge is 0.484 e. The highest BCUT2D eigenvalue weighted by Gasteiger charge is 2.33. The van der Waals surface area contributed by atoms with Gasteiger partial charge in [0.2, 0.25) is 0 Å². The second-order valence-electron chi connectivity index (χ2n) is 6.30. The number of ketones is 1. The van der Waals surface area contributed by atoms with Crippen LogP contribution in [0.15, 0.2) is 48.5 Å². The lowest BCUT2D eigenvalue weighted by molar-refractivity contribution is -0.124. The van der Waals surface area contributed by atoms with Crippen molar-refractivity contribution in [2.45, 2.75) is 25.8 Å². The zero-order chi connectivity index (χ0) is 17.8. The molecule has 5 heteroatoms. The van der Waals surface area contributed by atoms with E-state index in [1.54, 1.807) is 24.3 Å². The number of rotatable bonds is 7. The van der Waals surface area contributed by atoms with Crippen LogP contribution in [0, 0.1) is 5.92 Å². The zero-order valence-electron chi connectivity index (χ0n) is 14.0. The molecular weight excluding hydrogens is 338 g/mol. The summed E-state index contributed by atoms with van der Waals surface area (Å²) in [5.41, 5.74) is 1.68. The van der Waals surface area contributed by atoms with Gasteiger partial charge < -0.3 is 10.1 Å². The third kappa shape index (κ3) is 4.83. The van der Waals surface area contributed by atoms with Crippen LogP contribution in [0.5, 0.6) is 5.75 Å². The van der Waals surface area contributed by atoms with Crippen LogP contribution in [0.2, 0.25) is 5.02 Å². The van der Waals surface area contributed by atoms with Gasteiger partial charge in [-0.25, -0.2) is 0 Å². The number of ether oxygens (including phenoxy) is 1. The van der Waals surface area contributed by atoms with E-state index in [1.165, 1.54) is 6.92 Å². The second-order valence-corrected chi connectivity index (χ2v) is 6.74. The van der Waals surface area contributed by atoms with Gasteiger partial charge in [0.1, 0.15) is 5.75 Å². The first kappa shape index (κ1) is 17.5. The summed E-state index contributed by atoms with van der Waals surface area (Å²) in [4.78, 5) is 23.5. The Morgan fingerprint density at radius 1 is 1.12 bits per heavy atom. The highest BCUT2D eigenvalue weighted by molar-refractivity contribution is 6.30. The Hall–Kier alpha value is -2.33. The van der Waals surface area contributed by atoms with Crippen LogP contribution < -0.4 is 10.1 Å². The van der Waals surface area contributed by atoms with Crippen LogP contribution in [0.25, 0.3) is 0 Å². The molecule has 1 saturated carbocycles. The number of nitrogens with one attached hydrogen (secondary N) is 1. The highest BCUT2D eigenvalue weighted by atomic mass is 35.5. The summed E-state index contributed by atoms with van der Waals surface area (Å²) in [5, 5.41) is 3.74. The molecule has 0 heterocycles. The molecule has 2 aromatic rings. The van der Waals surface area contributed by atoms with Gasteiger partial charge in [-0.15, -0.1) is 0 Å². The van der Waals surface area contributed by atoms with E-state index >= 15 is 0 Å². The molecule has 4 nitrogen and oxygen atoms in total. The van der Waals surface area contributed by atoms with Crippen molar-refractivity contribution in [2.75, 3.05) is 6.61 Å². The molecule has 0 spiro atoms. The number of Topliss-reactive ketones (excluding diaryl/α,β-unsaturated/α-hetero) is 1. The lowest BCUT2D eigenvalue weighted by Gasteiger charge is -2.19. The fourth-order valence-corrected chi connectivity index (χ4v) is 2.85. The van der Waals surface area contributed by atoms with Gasteiger partial charge in [0.25, 0.3) is 5.91 Å². The Labute approximate surface area is 152 Å². The molecule has 1 N–H and O–H groups in total. The smallest absolute Gasteiger partial charge is 0.258 e. The van der Waals surface area contributed by atoms with Crippen LogP contribution in [0.1, 0.15) is 41.7 Å². The monoisotopic (exact) mass is 357 g/mol. The number of hydrogen-bond donors (Lipinski definition) is 1. The Morgan fingerprint density at radius 2 is 1.76 bits per heavy atom. The predicted octanol–water partition coefficient (Wildman–Crippen LogP) is 4.19. The van der Waals surface area contributed by atoms with Crippen molar-refractivity contribution in [3.8, 4) is 5.75 Å². The molecule has 3 rings (SSSR count). The molecule has 25 heavy (non-hydrogen) atoms. The number of carbonyl (C=O) groups excluding carboxylic acids is 2. The van der Waals surface area contributed by atoms with Crippen molar-refractivity contribution >= 4 is 23.3 Å². The summed E-state index contributed by atoms with van der Waals surface area (Å²) in [5.74, 6) is 0.872. The first-order valence-electron chi connectivity index (χ1n) is 8.31. The average molecular weight is 358 g/mol. The number of hydrogen-bond acceptors (Lipinski definition) is 3. The Balaban J connectivity index is 1.57. The normalized spacial score (nSPS) is 14.6. The van der Waals surface area contributed by atoms with Gasteiger partial charge in [-0.1, -0.05) is 23.7 Å². The van der Waals surface area contributed by atoms with Crippen LogP contribution >= 0.6 is 11.6 Å². The van der Waals surface area contributed by atoms with Crippen LogP contribution in [0.3, 0.4) is 0 Å². The first-order valence-corrected chi connectivity index (χ1v) is 8.69. The van der Waals surface area contributed by atoms with E-state index in [4.69, 9.17) is 16.3 Å². The van der Waals surface area contributed by atoms with E-state index in [-0.39, 0.29) is 24.3 Å². The molecule has 130 valence electrons. The zero-order valence-corrected chi connectivity index (χ0v) is 14.8. The number of benzene rings is 2. The molecule has 1 amide bonds. The molecular formula is C20H20ClNO3. The number of halogens is 1. The summed E-state index contributed by atoms with van der Waals surface area (Å²) >= 11 is 5.94. The topological polar surface area (TPSA) is 55.4 Å². The van der Waals surface area contributed by atoms with Gasteiger partial charge in [0.15, 0.2) is 12.4 Å². The van der Waals surface area contributed by atoms with Crippen LogP contribution in [-0.4, -0.2) is 18.3 Å². The Bertz CT molecular complexity index is 752. The molecule has 1 aliphatic carbocycles. The molecule has 2 aromatic carbocycles. The van der Waals surface area contributed by atoms with E-state index in [0.29, 0.717) is 22.3 Å². The highest BCUT2D eigenvalue weighted by Crippen LogP contribution is 2.41. The minimum absolute atomic E-state index is 0.000433. The Morgan fingerprint density at radius 3 is 2.32 bits per heavy atom. The van der Waals surface area contributed by atoms with Gasteiger partial charge >= 0.3 is 0 Å². The van der Waals surface area contributed by atoms with Crippen molar-refractivity contribution in [1.29, 1.82) is 0 Å². The lowest BCUT2D eigenvalue weighted by atomic mass is 10.0. The second kappa shape index (κ2) is 7.70. The first-order chi connectivity index (χ1) is 12.0. The molecule has 1 fully saturated rings. The summed E-state index contributed by atoms with van der Waals surface area (Å²) in [6.07, 6.45) is 2.22. The third-order valence-electron chi connectivity index (χ3n) is 4.27. The Kier molecular flexibility index (Phi) is 5.39. The number of amides is 1. The van der Waals surface area contributed by atoms with Gasteiger partial charge in [-0.2, -0.15) is 0 Å². The molecule has 0 unspecified atom stereocenters. The quantitative estimate of drug-likeness (QED) is 0.756. The standard InChI is InChI=1S/C20H20ClNO3/c1-13(23)14-6-10-18(11-7-14)25-12-19(24)22-20(15-2-3-15)16-4-8-17(21)9-5-16/h4-11,15,20H,2-3,12H2,1H3,(H,22,24)/t20-/m1/s1. The SMILES string of the molecule is CC(=O)c1ccc(OCC(=O)N[C@@H](c2ccc(Cl)cc2)C2CC2)cc1. The van der Waals surface area contributed by atoms with E-state index < -0.39 is 0 Å². The van der Waals surface area contributed by atoms with Crippen molar-refractivity contribution in [2.24, 2.45) is 5.92 Å². The van der Waals surface area contributed by atoms with Gasteiger partial charge in [0.05, 0.1) is 6.04 Å². The van der Waals surface area contributed by atoms with E-state index in [1.807, 2.05) is 24.3 Å². The molecule has 0 aromatic heterocycles. The lowest BCUT2D eigenvalue weighted by Crippen LogP contribution is -2.33. The fraction of sp³-hybridized carbons (Fsp3) is 0.300. The fourth-order valence-electron chi connectivity index (χ4n) is 2.72. The maximum absolute atomic E-state index is 12.3. The number of carbonyl (C=O) groups is 2. The molecule has 1 aliphatic rings. The van der Waals surface area contributed by atoms with Gasteiger partial charge in [-0.05, 0) is 67.6 Å². The van der Waals surface area contributed by atoms with Crippen molar-refractivity contribution < 1.29 is 14.3 Å². The van der Waals surface area contributed by atoms with Crippen LogP contribution in [0.4, 0.5) is 0 Å². The minimum atomic E-state index is -0.164. The average Bonchev–Trinajstić information content (AvgIpc) is 3.44. The van der Waals surface area contributed by atoms with Crippen LogP contribution in [-0.2, 0) is 4.79 Å². The van der Waals surface area contributed by atoms with Crippen molar-refractivity contribution in [3.63, 3.8) is 0 Å². The van der Waals surface area contributed by atoms with Gasteiger partial charge in [-0.3, -0.25) is 9.59 Å². The maximum Gasteiger partial charge on any atom is 0.258 e. The molecule has 0 bridgehead atoms. The summed E-state index contributed by atoms with van der Waals surface area (Å²) < 4.78 is 5.51. The van der Waals surface area contributed by atoms with E-state index in [2.05, 4.69) is 5.32 Å². The molecule has 0 radical (unpaired) electrons. The predicted molar refractivity (Wildman–Crippen MR) is 97.0 cm³/mol. The van der Waals surface area contributed by atoms with Crippen molar-refractivity contribution in [1.82, 2.24) is 5.32 Å². The summed E-state index contributed by atoms with van der Waals surface area (Å²) in [6, 6.07) is 14.3. The van der Waals surface area contributed by atoms with E-state index in [0.717, 1.165) is 18.4 Å². The van der Waals surface area contributed by atoms with E-state index in [9.17, 15) is 9.59 Å². The van der Waals surface area contributed by atoms with Gasteiger partial charge in [0, 0.05) is 10.6 Å². The summed E-state index contributed by atoms with van der Waals surface area (Å²) in [7, 11) is 0. The van der Waals surface area contributed by atoms with Crippen molar-refractivity contribution in [3.05, 3.63) is 64.7 Å². The maximum atomic E-state index is 12.3. The summed E-state index contributed by atoms with van der Waals surface area (Å²) in [6.45, 7) is 1.45. The molecule has 0 aliphatic heterocycles.